The first-order valence-corrected chi connectivity index (χ1v) is 6.23. The van der Waals surface area contributed by atoms with Gasteiger partial charge in [-0.15, -0.1) is 0 Å². The summed E-state index contributed by atoms with van der Waals surface area (Å²) in [5, 5.41) is 0. The third kappa shape index (κ3) is 1.82. The second kappa shape index (κ2) is 4.59. The molecule has 0 spiro atoms. The van der Waals surface area contributed by atoms with Gasteiger partial charge < -0.3 is 10.6 Å². The molecule has 0 unspecified atom stereocenters. The maximum atomic E-state index is 13.9. The van der Waals surface area contributed by atoms with E-state index in [4.69, 9.17) is 5.73 Å². The third-order valence-corrected chi connectivity index (χ3v) is 3.47. The van der Waals surface area contributed by atoms with Gasteiger partial charge in [0, 0.05) is 12.1 Å². The summed E-state index contributed by atoms with van der Waals surface area (Å²) in [7, 11) is 0. The van der Waals surface area contributed by atoms with E-state index < -0.39 is 11.6 Å². The van der Waals surface area contributed by atoms with Crippen molar-refractivity contribution in [2.45, 2.75) is 6.42 Å². The number of nitrogens with two attached hydrogens (primary N) is 1. The lowest BCUT2D eigenvalue weighted by molar-refractivity contribution is 0.0979. The van der Waals surface area contributed by atoms with Crippen molar-refractivity contribution in [3.8, 4) is 0 Å². The number of halogens is 2. The van der Waals surface area contributed by atoms with Crippen LogP contribution in [-0.2, 0) is 6.42 Å². The van der Waals surface area contributed by atoms with Crippen LogP contribution in [0.25, 0.3) is 0 Å². The standard InChI is InChI=1S/C15H12F2N2O/c16-11-5-6-12(18)14(13(11)17)19-8-7-9-3-1-2-4-10(9)15(19)20/h1-6H,7-8,18H2. The van der Waals surface area contributed by atoms with Gasteiger partial charge in [0.05, 0.1) is 5.69 Å². The zero-order valence-corrected chi connectivity index (χ0v) is 10.6. The first-order valence-electron chi connectivity index (χ1n) is 6.23. The number of anilines is 2. The summed E-state index contributed by atoms with van der Waals surface area (Å²) < 4.78 is 27.3. The highest BCUT2D eigenvalue weighted by molar-refractivity contribution is 6.09. The van der Waals surface area contributed by atoms with Crippen LogP contribution in [0.4, 0.5) is 20.2 Å². The molecule has 0 atom stereocenters. The van der Waals surface area contributed by atoms with E-state index in [0.717, 1.165) is 11.6 Å². The number of benzene rings is 2. The first-order chi connectivity index (χ1) is 9.59. The number of hydrogen-bond acceptors (Lipinski definition) is 2. The van der Waals surface area contributed by atoms with Gasteiger partial charge in [-0.2, -0.15) is 0 Å². The van der Waals surface area contributed by atoms with E-state index in [1.54, 1.807) is 12.1 Å². The second-order valence-corrected chi connectivity index (χ2v) is 4.66. The molecule has 2 aromatic rings. The van der Waals surface area contributed by atoms with Crippen molar-refractivity contribution in [1.82, 2.24) is 0 Å². The highest BCUT2D eigenvalue weighted by Crippen LogP contribution is 2.32. The molecule has 1 heterocycles. The fraction of sp³-hybridized carbons (Fsp3) is 0.133. The van der Waals surface area contributed by atoms with Crippen molar-refractivity contribution < 1.29 is 13.6 Å². The summed E-state index contributed by atoms with van der Waals surface area (Å²) in [6.45, 7) is 0.278. The largest absolute Gasteiger partial charge is 0.397 e. The third-order valence-electron chi connectivity index (χ3n) is 3.47. The number of fused-ring (bicyclic) bond motifs is 1. The summed E-state index contributed by atoms with van der Waals surface area (Å²) >= 11 is 0. The van der Waals surface area contributed by atoms with Crippen molar-refractivity contribution in [2.75, 3.05) is 17.2 Å². The number of rotatable bonds is 1. The van der Waals surface area contributed by atoms with Crippen LogP contribution in [0.15, 0.2) is 36.4 Å². The Labute approximate surface area is 114 Å². The zero-order valence-electron chi connectivity index (χ0n) is 10.6. The molecule has 20 heavy (non-hydrogen) atoms. The molecule has 0 radical (unpaired) electrons. The molecular weight excluding hydrogens is 262 g/mol. The lowest BCUT2D eigenvalue weighted by Gasteiger charge is -2.29. The Bertz CT molecular complexity index is 700. The zero-order chi connectivity index (χ0) is 14.3. The maximum Gasteiger partial charge on any atom is 0.258 e. The summed E-state index contributed by atoms with van der Waals surface area (Å²) in [5.41, 5.74) is 6.99. The molecule has 0 saturated carbocycles. The van der Waals surface area contributed by atoms with Crippen LogP contribution in [0, 0.1) is 11.6 Å². The van der Waals surface area contributed by atoms with E-state index in [9.17, 15) is 13.6 Å². The summed E-state index contributed by atoms with van der Waals surface area (Å²) in [5.74, 6) is -2.46. The Balaban J connectivity index is 2.10. The van der Waals surface area contributed by atoms with Crippen molar-refractivity contribution in [3.63, 3.8) is 0 Å². The van der Waals surface area contributed by atoms with Crippen LogP contribution in [0.2, 0.25) is 0 Å². The molecule has 2 N–H and O–H groups in total. The predicted molar refractivity (Wildman–Crippen MR) is 72.6 cm³/mol. The molecule has 0 aliphatic carbocycles. The molecule has 0 bridgehead atoms. The van der Waals surface area contributed by atoms with Crippen LogP contribution >= 0.6 is 0 Å². The normalized spacial score (nSPS) is 14.3. The van der Waals surface area contributed by atoms with Gasteiger partial charge in [0.15, 0.2) is 11.6 Å². The van der Waals surface area contributed by atoms with E-state index in [1.165, 1.54) is 11.0 Å². The van der Waals surface area contributed by atoms with Crippen molar-refractivity contribution >= 4 is 17.3 Å². The fourth-order valence-corrected chi connectivity index (χ4v) is 2.47. The van der Waals surface area contributed by atoms with Gasteiger partial charge in [-0.3, -0.25) is 4.79 Å². The second-order valence-electron chi connectivity index (χ2n) is 4.66. The highest BCUT2D eigenvalue weighted by Gasteiger charge is 2.29. The number of hydrogen-bond donors (Lipinski definition) is 1. The Kier molecular flexibility index (Phi) is 2.89. The van der Waals surface area contributed by atoms with Crippen molar-refractivity contribution in [3.05, 3.63) is 59.2 Å². The van der Waals surface area contributed by atoms with Gasteiger partial charge in [-0.05, 0) is 30.2 Å². The molecule has 5 heteroatoms. The van der Waals surface area contributed by atoms with Crippen molar-refractivity contribution in [2.24, 2.45) is 0 Å². The number of nitrogens with zero attached hydrogens (tertiary/aromatic N) is 1. The minimum absolute atomic E-state index is 0.0524. The number of carbonyl (C=O) groups excluding carboxylic acids is 1. The highest BCUT2D eigenvalue weighted by atomic mass is 19.2. The number of amides is 1. The smallest absolute Gasteiger partial charge is 0.258 e. The molecule has 0 saturated heterocycles. The molecule has 1 aliphatic heterocycles. The molecule has 1 amide bonds. The van der Waals surface area contributed by atoms with Gasteiger partial charge in [-0.25, -0.2) is 8.78 Å². The molecule has 0 fully saturated rings. The Morgan fingerprint density at radius 3 is 2.65 bits per heavy atom. The summed E-state index contributed by atoms with van der Waals surface area (Å²) in [4.78, 5) is 13.6. The van der Waals surface area contributed by atoms with Crippen LogP contribution in [-0.4, -0.2) is 12.5 Å². The lowest BCUT2D eigenvalue weighted by Crippen LogP contribution is -2.38. The average Bonchev–Trinajstić information content (AvgIpc) is 2.46. The minimum atomic E-state index is -1.09. The topological polar surface area (TPSA) is 46.3 Å². The van der Waals surface area contributed by atoms with Crippen LogP contribution < -0.4 is 10.6 Å². The Hall–Kier alpha value is -2.43. The monoisotopic (exact) mass is 274 g/mol. The van der Waals surface area contributed by atoms with Crippen LogP contribution in [0.3, 0.4) is 0 Å². The Morgan fingerprint density at radius 1 is 1.10 bits per heavy atom. The number of nitrogen functional groups attached to an aromatic ring is 1. The van der Waals surface area contributed by atoms with Gasteiger partial charge in [0.1, 0.15) is 5.69 Å². The molecule has 102 valence electrons. The van der Waals surface area contributed by atoms with E-state index in [0.29, 0.717) is 12.0 Å². The average molecular weight is 274 g/mol. The van der Waals surface area contributed by atoms with Crippen molar-refractivity contribution in [1.29, 1.82) is 0 Å². The summed E-state index contributed by atoms with van der Waals surface area (Å²) in [6, 6.07) is 9.34. The van der Waals surface area contributed by atoms with E-state index in [-0.39, 0.29) is 23.8 Å². The maximum absolute atomic E-state index is 13.9. The Morgan fingerprint density at radius 2 is 1.85 bits per heavy atom. The van der Waals surface area contributed by atoms with E-state index in [1.807, 2.05) is 12.1 Å². The van der Waals surface area contributed by atoms with Gasteiger partial charge in [0.2, 0.25) is 0 Å². The van der Waals surface area contributed by atoms with Gasteiger partial charge in [-0.1, -0.05) is 18.2 Å². The summed E-state index contributed by atoms with van der Waals surface area (Å²) in [6.07, 6.45) is 0.581. The predicted octanol–water partition coefficient (Wildman–Crippen LogP) is 2.75. The molecule has 1 aliphatic rings. The minimum Gasteiger partial charge on any atom is -0.397 e. The molecule has 3 nitrogen and oxygen atoms in total. The molecular formula is C15H12F2N2O. The molecule has 0 aromatic heterocycles. The SMILES string of the molecule is Nc1ccc(F)c(F)c1N1CCc2ccccc2C1=O. The first kappa shape index (κ1) is 12.6. The fourth-order valence-electron chi connectivity index (χ4n) is 2.47. The van der Waals surface area contributed by atoms with Crippen LogP contribution in [0.1, 0.15) is 15.9 Å². The van der Waals surface area contributed by atoms with Gasteiger partial charge in [0.25, 0.3) is 5.91 Å². The van der Waals surface area contributed by atoms with E-state index >= 15 is 0 Å². The molecule has 2 aromatic carbocycles. The van der Waals surface area contributed by atoms with Gasteiger partial charge >= 0.3 is 0 Å². The number of carbonyl (C=O) groups is 1. The lowest BCUT2D eigenvalue weighted by atomic mass is 9.98. The van der Waals surface area contributed by atoms with E-state index in [2.05, 4.69) is 0 Å². The van der Waals surface area contributed by atoms with Crippen LogP contribution in [0.5, 0.6) is 0 Å². The molecule has 3 rings (SSSR count). The quantitative estimate of drug-likeness (QED) is 0.813.